The van der Waals surface area contributed by atoms with Crippen LogP contribution < -0.4 is 15.4 Å². The molecule has 0 saturated heterocycles. The fraction of sp³-hybridized carbons (Fsp3) is 0.353. The van der Waals surface area contributed by atoms with Crippen molar-refractivity contribution in [2.24, 2.45) is 0 Å². The summed E-state index contributed by atoms with van der Waals surface area (Å²) in [6.07, 6.45) is -0.829. The molecule has 0 aliphatic heterocycles. The van der Waals surface area contributed by atoms with Gasteiger partial charge >= 0.3 is 6.18 Å². The summed E-state index contributed by atoms with van der Waals surface area (Å²) in [5, 5.41) is 8.02. The summed E-state index contributed by atoms with van der Waals surface area (Å²) in [7, 11) is 0. The molecule has 0 radical (unpaired) electrons. The van der Waals surface area contributed by atoms with Crippen molar-refractivity contribution in [3.8, 4) is 5.75 Å². The van der Waals surface area contributed by atoms with Crippen LogP contribution in [0.1, 0.15) is 42.3 Å². The average Bonchev–Trinajstić information content (AvgIpc) is 3.13. The van der Waals surface area contributed by atoms with E-state index in [0.717, 1.165) is 18.9 Å². The molecule has 2 aromatic rings. The summed E-state index contributed by atoms with van der Waals surface area (Å²) >= 11 is 4.94. The van der Waals surface area contributed by atoms with Crippen LogP contribution in [-0.2, 0) is 6.18 Å². The number of nitrogens with zero attached hydrogens (tertiary/aromatic N) is 1. The Bertz CT molecular complexity index is 779. The maximum Gasteiger partial charge on any atom is 0.420 e. The maximum atomic E-state index is 13.3. The third-order valence-corrected chi connectivity index (χ3v) is 3.64. The lowest BCUT2D eigenvalue weighted by molar-refractivity contribution is -0.138. The summed E-state index contributed by atoms with van der Waals surface area (Å²) in [5.41, 5.74) is -0.862. The van der Waals surface area contributed by atoms with E-state index in [9.17, 15) is 18.0 Å². The minimum Gasteiger partial charge on any atom is -0.493 e. The smallest absolute Gasteiger partial charge is 0.420 e. The van der Waals surface area contributed by atoms with Gasteiger partial charge in [-0.1, -0.05) is 24.9 Å². The van der Waals surface area contributed by atoms with Gasteiger partial charge in [-0.25, -0.2) is 0 Å². The van der Waals surface area contributed by atoms with E-state index in [1.165, 1.54) is 24.4 Å². The highest BCUT2D eigenvalue weighted by molar-refractivity contribution is 7.80. The molecule has 2 N–H and O–H groups in total. The summed E-state index contributed by atoms with van der Waals surface area (Å²) in [6.45, 7) is 2.20. The molecule has 27 heavy (non-hydrogen) atoms. The zero-order valence-electron chi connectivity index (χ0n) is 14.4. The van der Waals surface area contributed by atoms with Crippen LogP contribution >= 0.6 is 12.2 Å². The van der Waals surface area contributed by atoms with Crippen molar-refractivity contribution in [1.29, 1.82) is 0 Å². The van der Waals surface area contributed by atoms with E-state index in [4.69, 9.17) is 17.0 Å². The first-order valence-electron chi connectivity index (χ1n) is 8.18. The third kappa shape index (κ3) is 6.24. The molecular weight excluding hydrogens is 383 g/mol. The van der Waals surface area contributed by atoms with Crippen molar-refractivity contribution >= 4 is 28.9 Å². The quantitative estimate of drug-likeness (QED) is 0.529. The van der Waals surface area contributed by atoms with Gasteiger partial charge in [-0.2, -0.15) is 13.2 Å². The number of rotatable bonds is 7. The Kier molecular flexibility index (Phi) is 7.17. The number of halogens is 3. The van der Waals surface area contributed by atoms with Gasteiger partial charge in [0.1, 0.15) is 5.75 Å². The number of benzene rings is 1. The predicted molar refractivity (Wildman–Crippen MR) is 96.7 cm³/mol. The zero-order valence-corrected chi connectivity index (χ0v) is 15.2. The number of aromatic nitrogens is 1. The summed E-state index contributed by atoms with van der Waals surface area (Å²) < 4.78 is 49.9. The Morgan fingerprint density at radius 3 is 2.70 bits per heavy atom. The second kappa shape index (κ2) is 9.36. The molecule has 0 bridgehead atoms. The van der Waals surface area contributed by atoms with E-state index in [1.807, 2.05) is 6.92 Å². The molecule has 146 valence electrons. The molecule has 0 unspecified atom stereocenters. The third-order valence-electron chi connectivity index (χ3n) is 3.44. The van der Waals surface area contributed by atoms with Crippen molar-refractivity contribution in [2.75, 3.05) is 11.9 Å². The molecule has 0 spiro atoms. The summed E-state index contributed by atoms with van der Waals surface area (Å²) in [5.74, 6) is -0.997. The second-order valence-corrected chi connectivity index (χ2v) is 5.96. The topological polar surface area (TPSA) is 76.4 Å². The molecule has 1 amide bonds. The van der Waals surface area contributed by atoms with Gasteiger partial charge in [0, 0.05) is 11.8 Å². The standard InChI is InChI=1S/C17H18F3N3O3S/c1-2-3-4-9-25-13-6-5-11(10-12(13)17(18,19)20)22-16(27)23-15(24)14-7-8-21-26-14/h5-8,10H,2-4,9H2,1H3,(H2,22,23,24,27). The Balaban J connectivity index is 2.06. The van der Waals surface area contributed by atoms with Crippen LogP contribution in [0, 0.1) is 0 Å². The SMILES string of the molecule is CCCCCOc1ccc(NC(=S)NC(=O)c2ccno2)cc1C(F)(F)F. The van der Waals surface area contributed by atoms with Gasteiger partial charge in [0.25, 0.3) is 5.91 Å². The fourth-order valence-electron chi connectivity index (χ4n) is 2.15. The van der Waals surface area contributed by atoms with Gasteiger partial charge in [-0.05, 0) is 36.8 Å². The molecule has 1 aromatic carbocycles. The number of nitrogens with one attached hydrogen (secondary N) is 2. The number of anilines is 1. The van der Waals surface area contributed by atoms with Crippen LogP contribution in [0.3, 0.4) is 0 Å². The number of carbonyl (C=O) groups excluding carboxylic acids is 1. The minimum absolute atomic E-state index is 0.0612. The van der Waals surface area contributed by atoms with E-state index < -0.39 is 17.6 Å². The van der Waals surface area contributed by atoms with Crippen molar-refractivity contribution in [2.45, 2.75) is 32.4 Å². The highest BCUT2D eigenvalue weighted by atomic mass is 32.1. The lowest BCUT2D eigenvalue weighted by Crippen LogP contribution is -2.34. The zero-order chi connectivity index (χ0) is 19.9. The van der Waals surface area contributed by atoms with Gasteiger partial charge in [0.15, 0.2) is 5.11 Å². The molecule has 1 heterocycles. The molecule has 0 fully saturated rings. The van der Waals surface area contributed by atoms with Crippen LogP contribution in [0.4, 0.5) is 18.9 Å². The molecule has 6 nitrogen and oxygen atoms in total. The Morgan fingerprint density at radius 1 is 1.30 bits per heavy atom. The van der Waals surface area contributed by atoms with Crippen molar-refractivity contribution in [3.05, 3.63) is 41.8 Å². The first-order valence-corrected chi connectivity index (χ1v) is 8.59. The predicted octanol–water partition coefficient (Wildman–Crippen LogP) is 4.39. The number of hydrogen-bond donors (Lipinski definition) is 2. The molecule has 2 rings (SSSR count). The average molecular weight is 401 g/mol. The van der Waals surface area contributed by atoms with Gasteiger partial charge in [-0.3, -0.25) is 10.1 Å². The van der Waals surface area contributed by atoms with E-state index in [0.29, 0.717) is 6.42 Å². The number of thiocarbonyl (C=S) groups is 1. The highest BCUT2D eigenvalue weighted by Gasteiger charge is 2.34. The first kappa shape index (κ1) is 20.7. The molecule has 0 atom stereocenters. The van der Waals surface area contributed by atoms with Gasteiger partial charge < -0.3 is 14.6 Å². The molecule has 1 aromatic heterocycles. The van der Waals surface area contributed by atoms with Gasteiger partial charge in [0.2, 0.25) is 5.76 Å². The first-order chi connectivity index (χ1) is 12.8. The van der Waals surface area contributed by atoms with Crippen LogP contribution in [0.15, 0.2) is 35.0 Å². The van der Waals surface area contributed by atoms with E-state index in [-0.39, 0.29) is 28.9 Å². The Morgan fingerprint density at radius 2 is 2.07 bits per heavy atom. The van der Waals surface area contributed by atoms with E-state index >= 15 is 0 Å². The van der Waals surface area contributed by atoms with Crippen LogP contribution in [0.25, 0.3) is 0 Å². The Labute approximate surface area is 159 Å². The number of ether oxygens (including phenoxy) is 1. The van der Waals surface area contributed by atoms with Crippen LogP contribution in [-0.4, -0.2) is 22.8 Å². The van der Waals surface area contributed by atoms with Crippen molar-refractivity contribution in [1.82, 2.24) is 10.5 Å². The van der Waals surface area contributed by atoms with Gasteiger partial charge in [0.05, 0.1) is 18.4 Å². The maximum absolute atomic E-state index is 13.3. The largest absolute Gasteiger partial charge is 0.493 e. The second-order valence-electron chi connectivity index (χ2n) is 5.55. The lowest BCUT2D eigenvalue weighted by Gasteiger charge is -2.16. The number of amides is 1. The van der Waals surface area contributed by atoms with Crippen LogP contribution in [0.5, 0.6) is 5.75 Å². The molecule has 0 aliphatic rings. The van der Waals surface area contributed by atoms with Crippen molar-refractivity contribution in [3.63, 3.8) is 0 Å². The van der Waals surface area contributed by atoms with Crippen LogP contribution in [0.2, 0.25) is 0 Å². The number of unbranched alkanes of at least 4 members (excludes halogenated alkanes) is 2. The monoisotopic (exact) mass is 401 g/mol. The molecule has 0 aliphatic carbocycles. The highest BCUT2D eigenvalue weighted by Crippen LogP contribution is 2.38. The fourth-order valence-corrected chi connectivity index (χ4v) is 2.36. The molecule has 10 heteroatoms. The van der Waals surface area contributed by atoms with E-state index in [2.05, 4.69) is 20.3 Å². The van der Waals surface area contributed by atoms with Gasteiger partial charge in [-0.15, -0.1) is 0 Å². The minimum atomic E-state index is -4.59. The van der Waals surface area contributed by atoms with E-state index in [1.54, 1.807) is 0 Å². The molecule has 0 saturated carbocycles. The van der Waals surface area contributed by atoms with Crippen molar-refractivity contribution < 1.29 is 27.2 Å². The summed E-state index contributed by atoms with van der Waals surface area (Å²) in [4.78, 5) is 11.8. The Hall–Kier alpha value is -2.62. The molecular formula is C17H18F3N3O3S. The number of carbonyl (C=O) groups is 1. The normalized spacial score (nSPS) is 11.1. The summed E-state index contributed by atoms with van der Waals surface area (Å²) in [6, 6.07) is 4.81. The lowest BCUT2D eigenvalue weighted by atomic mass is 10.1. The number of hydrogen-bond acceptors (Lipinski definition) is 5. The number of alkyl halides is 3.